The monoisotopic (exact) mass is 270 g/mol. The zero-order valence-electron chi connectivity index (χ0n) is 11.6. The highest BCUT2D eigenvalue weighted by Crippen LogP contribution is 2.24. The van der Waals surface area contributed by atoms with Gasteiger partial charge in [0.2, 0.25) is 0 Å². The summed E-state index contributed by atoms with van der Waals surface area (Å²) in [6.45, 7) is 3.92. The van der Waals surface area contributed by atoms with E-state index in [0.717, 1.165) is 11.1 Å². The molecule has 2 atom stereocenters. The van der Waals surface area contributed by atoms with Crippen LogP contribution in [0.2, 0.25) is 0 Å². The maximum Gasteiger partial charge on any atom is 0.115 e. The van der Waals surface area contributed by atoms with Crippen LogP contribution in [-0.4, -0.2) is 10.2 Å². The first-order valence-electron chi connectivity index (χ1n) is 6.54. The summed E-state index contributed by atoms with van der Waals surface area (Å²) in [7, 11) is 0. The molecule has 0 heterocycles. The molecule has 104 valence electrons. The fourth-order valence-corrected chi connectivity index (χ4v) is 1.84. The van der Waals surface area contributed by atoms with E-state index in [1.54, 1.807) is 24.3 Å². The second kappa shape index (κ2) is 6.19. The lowest BCUT2D eigenvalue weighted by atomic mass is 10.1. The highest BCUT2D eigenvalue weighted by atomic mass is 16.3. The molecule has 2 aromatic rings. The predicted molar refractivity (Wildman–Crippen MR) is 77.9 cm³/mol. The minimum absolute atomic E-state index is 0.0600. The summed E-state index contributed by atoms with van der Waals surface area (Å²) >= 11 is 0. The third kappa shape index (κ3) is 3.57. The summed E-state index contributed by atoms with van der Waals surface area (Å²) in [5, 5.41) is 27.1. The molecule has 0 saturated heterocycles. The van der Waals surface area contributed by atoms with E-state index in [2.05, 4.69) is 10.2 Å². The van der Waals surface area contributed by atoms with Gasteiger partial charge in [0, 0.05) is 0 Å². The first-order valence-corrected chi connectivity index (χ1v) is 6.54. The topological polar surface area (TPSA) is 65.2 Å². The molecule has 0 spiro atoms. The van der Waals surface area contributed by atoms with Crippen molar-refractivity contribution in [1.82, 2.24) is 0 Å². The Bertz CT molecular complexity index is 523. The number of hydrogen-bond acceptors (Lipinski definition) is 4. The van der Waals surface area contributed by atoms with Crippen LogP contribution >= 0.6 is 0 Å². The van der Waals surface area contributed by atoms with Gasteiger partial charge in [-0.15, -0.1) is 0 Å². The van der Waals surface area contributed by atoms with Gasteiger partial charge in [0.15, 0.2) is 0 Å². The summed E-state index contributed by atoms with van der Waals surface area (Å²) in [5.41, 5.74) is 2.01. The summed E-state index contributed by atoms with van der Waals surface area (Å²) in [5.74, 6) is 0.491. The Morgan fingerprint density at radius 2 is 0.950 bits per heavy atom. The van der Waals surface area contributed by atoms with E-state index < -0.39 is 0 Å². The van der Waals surface area contributed by atoms with Gasteiger partial charge in [0.05, 0.1) is 12.1 Å². The molecule has 0 amide bonds. The molecular weight excluding hydrogens is 252 g/mol. The summed E-state index contributed by atoms with van der Waals surface area (Å²) < 4.78 is 0. The summed E-state index contributed by atoms with van der Waals surface area (Å²) in [6.07, 6.45) is 0. The van der Waals surface area contributed by atoms with Crippen molar-refractivity contribution in [2.75, 3.05) is 0 Å². The average molecular weight is 270 g/mol. The molecule has 4 heteroatoms. The Kier molecular flexibility index (Phi) is 4.35. The smallest absolute Gasteiger partial charge is 0.115 e. The Labute approximate surface area is 118 Å². The number of hydrogen-bond donors (Lipinski definition) is 2. The van der Waals surface area contributed by atoms with Crippen LogP contribution in [0, 0.1) is 0 Å². The number of rotatable bonds is 4. The van der Waals surface area contributed by atoms with Crippen LogP contribution in [0.25, 0.3) is 0 Å². The highest BCUT2D eigenvalue weighted by Gasteiger charge is 2.06. The van der Waals surface area contributed by atoms with Crippen molar-refractivity contribution in [3.05, 3.63) is 59.7 Å². The van der Waals surface area contributed by atoms with Gasteiger partial charge < -0.3 is 10.2 Å². The molecule has 0 aromatic heterocycles. The summed E-state index contributed by atoms with van der Waals surface area (Å²) in [6, 6.07) is 13.8. The molecule has 2 rings (SSSR count). The molecule has 0 radical (unpaired) electrons. The van der Waals surface area contributed by atoms with Crippen LogP contribution in [0.5, 0.6) is 11.5 Å². The van der Waals surface area contributed by atoms with E-state index in [1.165, 1.54) is 0 Å². The van der Waals surface area contributed by atoms with Crippen molar-refractivity contribution >= 4 is 0 Å². The molecule has 0 aliphatic heterocycles. The van der Waals surface area contributed by atoms with Gasteiger partial charge in [-0.2, -0.15) is 10.2 Å². The normalized spacial score (nSPS) is 14.3. The first kappa shape index (κ1) is 14.1. The van der Waals surface area contributed by atoms with Crippen LogP contribution in [0.4, 0.5) is 0 Å². The number of nitrogens with zero attached hydrogens (tertiary/aromatic N) is 2. The Morgan fingerprint density at radius 1 is 0.650 bits per heavy atom. The second-order valence-corrected chi connectivity index (χ2v) is 4.77. The molecule has 2 aromatic carbocycles. The van der Waals surface area contributed by atoms with Gasteiger partial charge in [0.25, 0.3) is 0 Å². The van der Waals surface area contributed by atoms with Gasteiger partial charge in [-0.3, -0.25) is 0 Å². The molecule has 2 unspecified atom stereocenters. The van der Waals surface area contributed by atoms with E-state index in [0.29, 0.717) is 0 Å². The Balaban J connectivity index is 2.04. The van der Waals surface area contributed by atoms with Gasteiger partial charge in [0.1, 0.15) is 11.5 Å². The number of phenolic OH excluding ortho intramolecular Hbond substituents is 2. The van der Waals surface area contributed by atoms with Crippen LogP contribution in [0.1, 0.15) is 37.1 Å². The molecule has 0 aliphatic carbocycles. The largest absolute Gasteiger partial charge is 0.508 e. The van der Waals surface area contributed by atoms with E-state index in [4.69, 9.17) is 0 Å². The maximum atomic E-state index is 9.25. The van der Waals surface area contributed by atoms with Gasteiger partial charge in [-0.1, -0.05) is 24.3 Å². The van der Waals surface area contributed by atoms with Crippen LogP contribution < -0.4 is 0 Å². The third-order valence-electron chi connectivity index (χ3n) is 3.16. The van der Waals surface area contributed by atoms with Crippen LogP contribution in [0.15, 0.2) is 58.8 Å². The van der Waals surface area contributed by atoms with Crippen LogP contribution in [0.3, 0.4) is 0 Å². The lowest BCUT2D eigenvalue weighted by Crippen LogP contribution is -1.91. The first-order chi connectivity index (χ1) is 9.56. The van der Waals surface area contributed by atoms with Gasteiger partial charge in [-0.25, -0.2) is 0 Å². The minimum Gasteiger partial charge on any atom is -0.508 e. The number of phenols is 2. The van der Waals surface area contributed by atoms with Crippen molar-refractivity contribution in [3.63, 3.8) is 0 Å². The maximum absolute atomic E-state index is 9.25. The van der Waals surface area contributed by atoms with Crippen molar-refractivity contribution in [1.29, 1.82) is 0 Å². The number of azo groups is 1. The van der Waals surface area contributed by atoms with Gasteiger partial charge >= 0.3 is 0 Å². The quantitative estimate of drug-likeness (QED) is 0.810. The fourth-order valence-electron chi connectivity index (χ4n) is 1.84. The van der Waals surface area contributed by atoms with E-state index in [-0.39, 0.29) is 23.6 Å². The molecule has 2 N–H and O–H groups in total. The predicted octanol–water partition coefficient (Wildman–Crippen LogP) is 4.37. The number of benzene rings is 2. The highest BCUT2D eigenvalue weighted by molar-refractivity contribution is 5.28. The lowest BCUT2D eigenvalue weighted by Gasteiger charge is -2.09. The van der Waals surface area contributed by atoms with E-state index in [1.807, 2.05) is 38.1 Å². The van der Waals surface area contributed by atoms with Crippen LogP contribution in [-0.2, 0) is 0 Å². The molecule has 0 aliphatic rings. The third-order valence-corrected chi connectivity index (χ3v) is 3.16. The number of aromatic hydroxyl groups is 2. The standard InChI is InChI=1S/C16H18N2O2/c1-11(13-3-7-15(19)8-4-13)17-18-12(2)14-5-9-16(20)10-6-14/h3-12,19-20H,1-2H3. The zero-order chi connectivity index (χ0) is 14.5. The van der Waals surface area contributed by atoms with Crippen molar-refractivity contribution in [3.8, 4) is 11.5 Å². The minimum atomic E-state index is -0.0600. The molecule has 20 heavy (non-hydrogen) atoms. The molecule has 0 fully saturated rings. The SMILES string of the molecule is CC(N=NC(C)c1ccc(O)cc1)c1ccc(O)cc1. The van der Waals surface area contributed by atoms with E-state index in [9.17, 15) is 10.2 Å². The molecule has 0 bridgehead atoms. The second-order valence-electron chi connectivity index (χ2n) is 4.77. The summed E-state index contributed by atoms with van der Waals surface area (Å²) in [4.78, 5) is 0. The van der Waals surface area contributed by atoms with Crippen molar-refractivity contribution in [2.24, 2.45) is 10.2 Å². The Morgan fingerprint density at radius 3 is 1.25 bits per heavy atom. The average Bonchev–Trinajstić information content (AvgIpc) is 2.46. The lowest BCUT2D eigenvalue weighted by molar-refractivity contribution is 0.474. The molecule has 0 saturated carbocycles. The van der Waals surface area contributed by atoms with E-state index >= 15 is 0 Å². The Hall–Kier alpha value is -2.36. The fraction of sp³-hybridized carbons (Fsp3) is 0.250. The molecule has 4 nitrogen and oxygen atoms in total. The van der Waals surface area contributed by atoms with Crippen molar-refractivity contribution < 1.29 is 10.2 Å². The van der Waals surface area contributed by atoms with Crippen molar-refractivity contribution in [2.45, 2.75) is 25.9 Å². The molecular formula is C16H18N2O2. The zero-order valence-corrected chi connectivity index (χ0v) is 11.6. The van der Waals surface area contributed by atoms with Gasteiger partial charge in [-0.05, 0) is 49.2 Å².